The number of amides is 18. The van der Waals surface area contributed by atoms with Gasteiger partial charge in [-0.25, -0.2) is 28.8 Å². The van der Waals surface area contributed by atoms with Crippen molar-refractivity contribution in [3.8, 4) is 12.3 Å². The number of likely N-dealkylation sites (tertiary alicyclic amines) is 3. The predicted octanol–water partition coefficient (Wildman–Crippen LogP) is 7.33. The number of nitrogens with zero attached hydrogens (tertiary/aromatic N) is 3. The van der Waals surface area contributed by atoms with E-state index in [2.05, 4.69) is 109 Å². The van der Waals surface area contributed by atoms with E-state index in [0.29, 0.717) is 65.0 Å². The predicted molar refractivity (Wildman–Crippen MR) is 527 cm³/mol. The molecule has 3 aliphatic heterocycles. The minimum Gasteiger partial charge on any atom is -0.447 e. The van der Waals surface area contributed by atoms with Gasteiger partial charge in [-0.3, -0.25) is 57.5 Å². The van der Waals surface area contributed by atoms with Crippen LogP contribution in [0.25, 0.3) is 0 Å². The van der Waals surface area contributed by atoms with Crippen LogP contribution in [0, 0.1) is 109 Å². The maximum Gasteiger partial charge on any atom is 0.407 e. The fourth-order valence-corrected chi connectivity index (χ4v) is 21.5. The molecule has 7 aliphatic carbocycles. The number of alkyl carbamates (subject to hydrolysis) is 3. The Bertz CT molecular complexity index is 4590. The standard InChI is InChI=1S/C37H58N6O7.C33H54N6O7.C32H54N6O7/c1-10-13-17-24(28(44)31(46)39-20-11-2)40-30(45)27-26-23(36(26,7)8)21-43(27)32(47)29(37(9)18-15-14-16-19-37)42-33(48)41-25(35(4,5)6)22-50-34(49)38-12-3;1-7-35-31(45)46-17-22(32(2,3)4)37-30(44)38-24(19-11-9-8-10-12-19)29(43)39-16-20-23(33(20,5)6)25(39)28(42)36-21(15-18-13-14-18)26(40)27(34)41;1-10-34-29(44)45-16-20(30(2,3)4)36-28(43)37-24(31(5,6)7)27(42)38-15-18-21(32(18,8)9)22(38)26(41)35-19(23(39)25(33)40)14-17-12-11-13-17/h1,11,23-27,29H,2,12-22H2,3-9H3,(H,38,49)(H,39,46)(H,40,45)(H2,41,42,48);18-25H,7-17H2,1-6H3,(H2,34,41)(H,35,45)(H,36,42)(H2,37,38,44);17-22,24H,10-16H2,1-9H3,(H2,33,40)(H,34,44)(H,35,41)(H2,36,37,43)/t23?,24?,25-,26?,27+,29-;20?,21?,22-,23?,24+,25+;18?,19?,20-,21?,22+,24-/m111/s1. The van der Waals surface area contributed by atoms with Crippen LogP contribution in [0.4, 0.5) is 28.8 Å². The highest BCUT2D eigenvalue weighted by atomic mass is 16.6. The Morgan fingerprint density at radius 2 is 0.787 bits per heavy atom. The van der Waals surface area contributed by atoms with Crippen LogP contribution >= 0.6 is 0 Å². The molecule has 9 unspecified atom stereocenters. The number of ether oxygens (including phenoxy) is 3. The largest absolute Gasteiger partial charge is 0.447 e. The van der Waals surface area contributed by atoms with E-state index in [0.717, 1.165) is 83.5 Å². The molecule has 0 aromatic heterocycles. The molecule has 18 atom stereocenters. The summed E-state index contributed by atoms with van der Waals surface area (Å²) in [4.78, 5) is 241. The van der Waals surface area contributed by atoms with Gasteiger partial charge in [0.1, 0.15) is 56.1 Å². The number of carbonyl (C=O) groups excluding carboxylic acids is 18. The SMILES string of the molecule is C#CCCC(NC(=O)[C@@H]1C2C(CN1C(=O)[C@@H](NC(=O)N[C@H](COC(=O)NCC)C(C)(C)C)C1(C)CCCCC1)C2(C)C)C(=O)C(=O)NCC=C.CCNC(=O)OC[C@@H](NC(=O)N[C@H](C(=O)N1CC2C([C@H]1C(=O)NC(CC1CC1)C(=O)C(N)=O)C2(C)C)C1CCCCC1)C(C)(C)C.CCNC(=O)OC[C@@H](NC(=O)N[C@H](C(=O)N1CC2C([C@H]1C(=O)NC(CC1CCC1)C(=O)C(N)=O)C2(C)C)C(C)(C)C)C(C)(C)C. The highest BCUT2D eigenvalue weighted by Gasteiger charge is 2.73. The molecule has 10 fully saturated rings. The molecule has 3 saturated heterocycles. The quantitative estimate of drug-likeness (QED) is 0.0123. The summed E-state index contributed by atoms with van der Waals surface area (Å²) in [5, 5.41) is 36.0. The maximum absolute atomic E-state index is 14.7. The third-order valence-electron chi connectivity index (χ3n) is 31.4. The first-order valence-electron chi connectivity index (χ1n) is 51.0. The molecule has 0 radical (unpaired) electrons. The molecule has 0 spiro atoms. The molecule has 39 nitrogen and oxygen atoms in total. The minimum absolute atomic E-state index is 0.0447. The number of primary amides is 2. The number of carbonyl (C=O) groups is 18. The van der Waals surface area contributed by atoms with Gasteiger partial charge in [0.15, 0.2) is 0 Å². The molecular weight excluding hydrogens is 1810 g/mol. The number of urea groups is 3. The lowest BCUT2D eigenvalue weighted by Crippen LogP contribution is -2.63. The van der Waals surface area contributed by atoms with Gasteiger partial charge in [0, 0.05) is 52.2 Å². The first-order valence-corrected chi connectivity index (χ1v) is 51.0. The van der Waals surface area contributed by atoms with E-state index in [1.54, 1.807) is 30.6 Å². The van der Waals surface area contributed by atoms with Crippen molar-refractivity contribution in [3.63, 3.8) is 0 Å². The van der Waals surface area contributed by atoms with E-state index in [1.807, 2.05) is 104 Å². The summed E-state index contributed by atoms with van der Waals surface area (Å²) in [7, 11) is 0. The molecular formula is C102H166N18O21. The third-order valence-corrected chi connectivity index (χ3v) is 31.4. The summed E-state index contributed by atoms with van der Waals surface area (Å²) in [6.07, 6.45) is 19.4. The lowest BCUT2D eigenvalue weighted by Gasteiger charge is -2.43. The number of ketones is 3. The number of fused-ring (bicyclic) bond motifs is 3. The lowest BCUT2D eigenvalue weighted by atomic mass is 9.70. The van der Waals surface area contributed by atoms with E-state index in [9.17, 15) is 86.3 Å². The average Bonchev–Trinajstić information content (AvgIpc) is 1.53. The van der Waals surface area contributed by atoms with E-state index in [-0.39, 0.29) is 121 Å². The third kappa shape index (κ3) is 29.9. The molecule has 0 aromatic rings. The van der Waals surface area contributed by atoms with Crippen molar-refractivity contribution in [1.29, 1.82) is 0 Å². The molecule has 10 rings (SSSR count). The zero-order valence-corrected chi connectivity index (χ0v) is 87.6. The van der Waals surface area contributed by atoms with Crippen molar-refractivity contribution in [2.45, 2.75) is 347 Å². The van der Waals surface area contributed by atoms with Crippen molar-refractivity contribution in [1.82, 2.24) is 83.8 Å². The Kier molecular flexibility index (Phi) is 39.3. The minimum atomic E-state index is -1.17. The van der Waals surface area contributed by atoms with E-state index in [1.165, 1.54) is 11.0 Å². The van der Waals surface area contributed by atoms with Crippen LogP contribution in [-0.4, -0.2) is 260 Å². The van der Waals surface area contributed by atoms with Crippen LogP contribution in [0.3, 0.4) is 0 Å². The van der Waals surface area contributed by atoms with Gasteiger partial charge < -0.3 is 109 Å². The van der Waals surface area contributed by atoms with E-state index < -0.39 is 195 Å². The Balaban J connectivity index is 0.000000259. The Morgan fingerprint density at radius 3 is 1.13 bits per heavy atom. The zero-order valence-electron chi connectivity index (χ0n) is 87.6. The van der Waals surface area contributed by atoms with Crippen molar-refractivity contribution in [2.24, 2.45) is 108 Å². The molecule has 10 aliphatic rings. The van der Waals surface area contributed by atoms with Crippen molar-refractivity contribution in [2.75, 3.05) is 65.6 Å². The van der Waals surface area contributed by atoms with Gasteiger partial charge in [-0.2, -0.15) is 0 Å². The Morgan fingerprint density at radius 1 is 0.426 bits per heavy atom. The first kappa shape index (κ1) is 115. The van der Waals surface area contributed by atoms with Crippen molar-refractivity contribution < 1.29 is 101 Å². The highest BCUT2D eigenvalue weighted by molar-refractivity contribution is 6.39. The second-order valence-electron chi connectivity index (χ2n) is 46.9. The molecule has 7 saturated carbocycles. The molecule has 39 heteroatoms. The summed E-state index contributed by atoms with van der Waals surface area (Å²) in [5.41, 5.74) is 7.30. The van der Waals surface area contributed by atoms with Gasteiger partial charge in [-0.1, -0.05) is 208 Å². The number of nitrogens with one attached hydrogen (secondary N) is 13. The molecule has 3 heterocycles. The van der Waals surface area contributed by atoms with Gasteiger partial charge in [0.25, 0.3) is 17.7 Å². The highest BCUT2D eigenvalue weighted by Crippen LogP contribution is 2.67. The van der Waals surface area contributed by atoms with Crippen LogP contribution in [0.15, 0.2) is 12.7 Å². The normalized spacial score (nSPS) is 24.4. The fourth-order valence-electron chi connectivity index (χ4n) is 21.5. The topological polar surface area (TPSA) is 553 Å². The van der Waals surface area contributed by atoms with Gasteiger partial charge in [0.2, 0.25) is 52.8 Å². The van der Waals surface area contributed by atoms with Crippen LogP contribution < -0.4 is 80.6 Å². The van der Waals surface area contributed by atoms with Crippen LogP contribution in [0.2, 0.25) is 0 Å². The molecule has 17 N–H and O–H groups in total. The fraction of sp³-hybridized carbons (Fsp3) is 0.784. The summed E-state index contributed by atoms with van der Waals surface area (Å²) >= 11 is 0. The number of hydrogen-bond acceptors (Lipinski definition) is 21. The monoisotopic (exact) mass is 1980 g/mol. The number of piperidine rings is 3. The van der Waals surface area contributed by atoms with E-state index >= 15 is 0 Å². The van der Waals surface area contributed by atoms with Crippen LogP contribution in [-0.2, 0) is 71.7 Å². The molecule has 18 amide bonds. The molecule has 790 valence electrons. The van der Waals surface area contributed by atoms with Gasteiger partial charge in [0.05, 0.1) is 36.3 Å². The smallest absolute Gasteiger partial charge is 0.407 e. The first-order chi connectivity index (χ1) is 65.7. The van der Waals surface area contributed by atoms with Crippen molar-refractivity contribution in [3.05, 3.63) is 12.7 Å². The van der Waals surface area contributed by atoms with Crippen molar-refractivity contribution >= 4 is 107 Å². The number of Topliss-reactive ketones (excluding diaryl/α,β-unsaturated/α-hetero) is 3. The average molecular weight is 1980 g/mol. The number of rotatable bonds is 40. The number of nitrogens with two attached hydrogens (primary N) is 2. The summed E-state index contributed by atoms with van der Waals surface area (Å²) in [6.45, 7) is 48.0. The summed E-state index contributed by atoms with van der Waals surface area (Å²) < 4.78 is 16.0. The lowest BCUT2D eigenvalue weighted by molar-refractivity contribution is -0.146. The van der Waals surface area contributed by atoms with Gasteiger partial charge >= 0.3 is 36.4 Å². The number of terminal acetylenes is 1. The molecule has 0 aromatic carbocycles. The molecule has 141 heavy (non-hydrogen) atoms. The molecule has 0 bridgehead atoms. The summed E-state index contributed by atoms with van der Waals surface area (Å²) in [6, 6.07) is -12.1. The Labute approximate surface area is 832 Å². The van der Waals surface area contributed by atoms with Gasteiger partial charge in [-0.15, -0.1) is 18.9 Å². The number of hydrogen-bond donors (Lipinski definition) is 15. The maximum atomic E-state index is 14.7. The summed E-state index contributed by atoms with van der Waals surface area (Å²) in [5.74, 6) is -5.52. The van der Waals surface area contributed by atoms with Crippen LogP contribution in [0.1, 0.15) is 274 Å². The zero-order chi connectivity index (χ0) is 105. The Hall–Kier alpha value is -10.8. The van der Waals surface area contributed by atoms with Crippen LogP contribution in [0.5, 0.6) is 0 Å². The second-order valence-corrected chi connectivity index (χ2v) is 46.9. The van der Waals surface area contributed by atoms with E-state index in [4.69, 9.17) is 32.1 Å². The van der Waals surface area contributed by atoms with Gasteiger partial charge in [-0.05, 0) is 162 Å². The second kappa shape index (κ2) is 48.0.